The van der Waals surface area contributed by atoms with Gasteiger partial charge in [-0.05, 0) is 97.4 Å². The fraction of sp³-hybridized carbons (Fsp3) is 0.590. The van der Waals surface area contributed by atoms with Gasteiger partial charge in [0.25, 0.3) is 11.8 Å². The van der Waals surface area contributed by atoms with Gasteiger partial charge in [-0.15, -0.1) is 0 Å². The van der Waals surface area contributed by atoms with Crippen LogP contribution >= 0.6 is 0 Å². The summed E-state index contributed by atoms with van der Waals surface area (Å²) in [7, 11) is 0. The van der Waals surface area contributed by atoms with Crippen LogP contribution in [0.15, 0.2) is 58.6 Å². The summed E-state index contributed by atoms with van der Waals surface area (Å²) < 4.78 is 6.15. The molecule has 49 heavy (non-hydrogen) atoms. The number of rotatable bonds is 13. The standard InChI is InChI=1S/C39H59N7O3/c1-26(2)27-16-20-39(21-17-27)43-34(30-10-9-11-31(24-30)49-23-22-38(6,7)8)36(48)46(39)32(18-19-37(3,4)5)28-12-14-29(15-13-28)35(47)42-25-33(40)44-45-41/h9-15,24,26-27,32,45H,16-23,25,41H2,1-8H3,(H2,40,44)(H,42,47)/t27?,32-,39?/m1/s1. The SMILES string of the molecule is CC(C)C1CCC2(CC1)N=C(c1cccc(OCCC(C)(C)C)c1)C(=O)N2[C@H](CCC(C)(C)C)c1ccc(C(=O)NC/C(N)=N/NN)cc1. The molecule has 0 aromatic heterocycles. The van der Waals surface area contributed by atoms with Crippen molar-refractivity contribution in [1.82, 2.24) is 15.8 Å². The quantitative estimate of drug-likeness (QED) is 0.0805. The molecule has 1 heterocycles. The van der Waals surface area contributed by atoms with Crippen LogP contribution in [0.25, 0.3) is 0 Å². The topological polar surface area (TPSA) is 147 Å². The Morgan fingerprint density at radius 3 is 2.29 bits per heavy atom. The minimum Gasteiger partial charge on any atom is -0.494 e. The van der Waals surface area contributed by atoms with Crippen molar-refractivity contribution >= 4 is 23.4 Å². The third-order valence-corrected chi connectivity index (χ3v) is 9.87. The molecule has 10 heteroatoms. The van der Waals surface area contributed by atoms with Gasteiger partial charge in [-0.1, -0.05) is 79.7 Å². The molecule has 268 valence electrons. The van der Waals surface area contributed by atoms with E-state index in [2.05, 4.69) is 76.2 Å². The van der Waals surface area contributed by atoms with E-state index in [1.165, 1.54) is 0 Å². The Hall–Kier alpha value is -3.92. The number of amidine groups is 1. The summed E-state index contributed by atoms with van der Waals surface area (Å²) in [6, 6.07) is 15.2. The lowest BCUT2D eigenvalue weighted by Gasteiger charge is -2.46. The van der Waals surface area contributed by atoms with E-state index in [0.29, 0.717) is 29.7 Å². The summed E-state index contributed by atoms with van der Waals surface area (Å²) in [4.78, 5) is 35.2. The smallest absolute Gasteiger partial charge is 0.275 e. The molecule has 1 atom stereocenters. The number of hydrogen-bond donors (Lipinski definition) is 4. The average molecular weight is 674 g/mol. The first-order valence-electron chi connectivity index (χ1n) is 17.8. The molecule has 10 nitrogen and oxygen atoms in total. The third kappa shape index (κ3) is 10.1. The largest absolute Gasteiger partial charge is 0.494 e. The van der Waals surface area contributed by atoms with Crippen molar-refractivity contribution in [2.24, 2.45) is 44.3 Å². The second-order valence-electron chi connectivity index (χ2n) is 16.5. The molecular weight excluding hydrogens is 614 g/mol. The Balaban J connectivity index is 1.70. The Morgan fingerprint density at radius 2 is 1.69 bits per heavy atom. The maximum atomic E-state index is 14.8. The van der Waals surface area contributed by atoms with Gasteiger partial charge in [-0.3, -0.25) is 14.6 Å². The summed E-state index contributed by atoms with van der Waals surface area (Å²) in [5, 5.41) is 6.45. The van der Waals surface area contributed by atoms with Crippen LogP contribution in [0.3, 0.4) is 0 Å². The summed E-state index contributed by atoms with van der Waals surface area (Å²) in [5.41, 5.74) is 10.3. The van der Waals surface area contributed by atoms with Crippen molar-refractivity contribution < 1.29 is 14.3 Å². The molecule has 0 unspecified atom stereocenters. The molecule has 0 bridgehead atoms. The summed E-state index contributed by atoms with van der Waals surface area (Å²) in [5.74, 6) is 6.96. The van der Waals surface area contributed by atoms with Gasteiger partial charge in [0.1, 0.15) is 23.0 Å². The molecule has 0 saturated heterocycles. The van der Waals surface area contributed by atoms with Crippen LogP contribution in [0.4, 0.5) is 0 Å². The van der Waals surface area contributed by atoms with Crippen LogP contribution in [-0.4, -0.2) is 47.1 Å². The number of hydrogen-bond acceptors (Lipinski definition) is 7. The van der Waals surface area contributed by atoms with E-state index in [0.717, 1.165) is 61.8 Å². The number of carbonyl (C=O) groups excluding carboxylic acids is 2. The predicted octanol–water partition coefficient (Wildman–Crippen LogP) is 6.71. The highest BCUT2D eigenvalue weighted by atomic mass is 16.5. The summed E-state index contributed by atoms with van der Waals surface area (Å²) in [6.07, 6.45) is 6.29. The van der Waals surface area contributed by atoms with Gasteiger partial charge in [0, 0.05) is 11.1 Å². The molecule has 1 spiro atoms. The molecule has 1 aliphatic heterocycles. The van der Waals surface area contributed by atoms with Crippen LogP contribution in [0, 0.1) is 22.7 Å². The Bertz CT molecular complexity index is 1490. The molecule has 2 aromatic rings. The highest BCUT2D eigenvalue weighted by Crippen LogP contribution is 2.48. The molecular formula is C39H59N7O3. The molecule has 1 fully saturated rings. The van der Waals surface area contributed by atoms with E-state index in [-0.39, 0.29) is 41.1 Å². The zero-order valence-electron chi connectivity index (χ0n) is 30.9. The van der Waals surface area contributed by atoms with E-state index in [9.17, 15) is 9.59 Å². The number of benzene rings is 2. The van der Waals surface area contributed by atoms with Gasteiger partial charge in [-0.25, -0.2) is 11.4 Å². The molecule has 2 aliphatic rings. The lowest BCUT2D eigenvalue weighted by atomic mass is 9.75. The van der Waals surface area contributed by atoms with Crippen molar-refractivity contribution in [1.29, 1.82) is 0 Å². The minimum atomic E-state index is -0.632. The number of hydrazone groups is 1. The van der Waals surface area contributed by atoms with Crippen molar-refractivity contribution in [3.05, 3.63) is 65.2 Å². The molecule has 0 radical (unpaired) electrons. The molecule has 1 saturated carbocycles. The van der Waals surface area contributed by atoms with Gasteiger partial charge in [-0.2, -0.15) is 5.10 Å². The van der Waals surface area contributed by atoms with Crippen LogP contribution in [0.1, 0.15) is 128 Å². The minimum absolute atomic E-state index is 0.0427. The second kappa shape index (κ2) is 15.7. The van der Waals surface area contributed by atoms with Crippen molar-refractivity contribution in [2.75, 3.05) is 13.2 Å². The zero-order valence-corrected chi connectivity index (χ0v) is 30.9. The number of nitrogens with two attached hydrogens (primary N) is 2. The molecule has 2 amide bonds. The number of nitrogens with zero attached hydrogens (tertiary/aromatic N) is 3. The highest BCUT2D eigenvalue weighted by molar-refractivity contribution is 6.46. The van der Waals surface area contributed by atoms with Crippen LogP contribution < -0.4 is 27.2 Å². The fourth-order valence-electron chi connectivity index (χ4n) is 6.83. The number of aliphatic imine (C=N–C) groups is 1. The van der Waals surface area contributed by atoms with E-state index >= 15 is 0 Å². The van der Waals surface area contributed by atoms with Gasteiger partial charge in [0.2, 0.25) is 0 Å². The number of ether oxygens (including phenoxy) is 1. The maximum Gasteiger partial charge on any atom is 0.275 e. The molecule has 2 aromatic carbocycles. The third-order valence-electron chi connectivity index (χ3n) is 9.87. The van der Waals surface area contributed by atoms with Gasteiger partial charge < -0.3 is 20.7 Å². The summed E-state index contributed by atoms with van der Waals surface area (Å²) in [6.45, 7) is 18.5. The van der Waals surface area contributed by atoms with E-state index in [1.807, 2.05) is 48.5 Å². The second-order valence-corrected chi connectivity index (χ2v) is 16.5. The Kier molecular flexibility index (Phi) is 12.2. The predicted molar refractivity (Wildman–Crippen MR) is 198 cm³/mol. The molecule has 4 rings (SSSR count). The first-order chi connectivity index (χ1) is 23.0. The van der Waals surface area contributed by atoms with Crippen LogP contribution in [-0.2, 0) is 4.79 Å². The van der Waals surface area contributed by atoms with Crippen molar-refractivity contribution in [3.63, 3.8) is 0 Å². The lowest BCUT2D eigenvalue weighted by Crippen LogP contribution is -2.51. The van der Waals surface area contributed by atoms with Gasteiger partial charge in [0.15, 0.2) is 0 Å². The van der Waals surface area contributed by atoms with Crippen molar-refractivity contribution in [3.8, 4) is 5.75 Å². The Morgan fingerprint density at radius 1 is 1.04 bits per heavy atom. The lowest BCUT2D eigenvalue weighted by molar-refractivity contribution is -0.133. The van der Waals surface area contributed by atoms with Gasteiger partial charge >= 0.3 is 0 Å². The fourth-order valence-corrected chi connectivity index (χ4v) is 6.83. The normalized spacial score (nSPS) is 20.8. The summed E-state index contributed by atoms with van der Waals surface area (Å²) >= 11 is 0. The maximum absolute atomic E-state index is 14.8. The van der Waals surface area contributed by atoms with Crippen molar-refractivity contribution in [2.45, 2.75) is 112 Å². The zero-order chi connectivity index (χ0) is 36.0. The number of carbonyl (C=O) groups is 2. The molecule has 1 aliphatic carbocycles. The van der Waals surface area contributed by atoms with Crippen LogP contribution in [0.5, 0.6) is 5.75 Å². The van der Waals surface area contributed by atoms with E-state index < -0.39 is 5.66 Å². The van der Waals surface area contributed by atoms with Gasteiger partial charge in [0.05, 0.1) is 19.2 Å². The number of nitrogens with one attached hydrogen (secondary N) is 2. The van der Waals surface area contributed by atoms with E-state index in [1.54, 1.807) is 0 Å². The number of hydrazine groups is 1. The number of amides is 2. The Labute approximate surface area is 293 Å². The van der Waals surface area contributed by atoms with Crippen LogP contribution in [0.2, 0.25) is 0 Å². The molecule has 6 N–H and O–H groups in total. The van der Waals surface area contributed by atoms with E-state index in [4.69, 9.17) is 21.3 Å². The highest BCUT2D eigenvalue weighted by Gasteiger charge is 2.52. The average Bonchev–Trinajstić information content (AvgIpc) is 3.30. The monoisotopic (exact) mass is 673 g/mol. The first kappa shape index (κ1) is 37.9. The first-order valence-corrected chi connectivity index (χ1v) is 17.8.